The summed E-state index contributed by atoms with van der Waals surface area (Å²) >= 11 is 6.18. The van der Waals surface area contributed by atoms with E-state index in [1.165, 1.54) is 0 Å². The summed E-state index contributed by atoms with van der Waals surface area (Å²) < 4.78 is 11.0. The van der Waals surface area contributed by atoms with Crippen LogP contribution in [0.4, 0.5) is 0 Å². The van der Waals surface area contributed by atoms with Gasteiger partial charge in [-0.1, -0.05) is 36.4 Å². The number of alkyl halides is 1. The molecular weight excluding hydrogens is 302 g/mol. The molecule has 114 valence electrons. The zero-order valence-corrected chi connectivity index (χ0v) is 12.7. The third-order valence-electron chi connectivity index (χ3n) is 3.40. The van der Waals surface area contributed by atoms with E-state index in [-0.39, 0.29) is 5.91 Å². The summed E-state index contributed by atoms with van der Waals surface area (Å²) in [5.41, 5.74) is 1.72. The largest absolute Gasteiger partial charge is 0.486 e. The smallest absolute Gasteiger partial charge is 0.242 e. The Kier molecular flexibility index (Phi) is 4.49. The third kappa shape index (κ3) is 3.34. The lowest BCUT2D eigenvalue weighted by Crippen LogP contribution is -2.26. The number of hydrogen-bond donors (Lipinski definition) is 1. The van der Waals surface area contributed by atoms with Crippen LogP contribution >= 0.6 is 11.6 Å². The summed E-state index contributed by atoms with van der Waals surface area (Å²) in [5.74, 6) is 1.23. The number of hydrogen-bond acceptors (Lipinski definition) is 3. The predicted molar refractivity (Wildman–Crippen MR) is 84.3 cm³/mol. The van der Waals surface area contributed by atoms with Crippen LogP contribution in [0.5, 0.6) is 11.5 Å². The quantitative estimate of drug-likeness (QED) is 0.882. The molecule has 22 heavy (non-hydrogen) atoms. The highest BCUT2D eigenvalue weighted by atomic mass is 35.5. The molecule has 1 unspecified atom stereocenters. The molecule has 1 atom stereocenters. The Bertz CT molecular complexity index is 660. The van der Waals surface area contributed by atoms with E-state index in [2.05, 4.69) is 5.32 Å². The van der Waals surface area contributed by atoms with Crippen molar-refractivity contribution in [2.24, 2.45) is 0 Å². The summed E-state index contributed by atoms with van der Waals surface area (Å²) in [7, 11) is 0. The van der Waals surface area contributed by atoms with Gasteiger partial charge in [0.25, 0.3) is 0 Å². The molecule has 1 aliphatic rings. The second-order valence-electron chi connectivity index (χ2n) is 4.97. The van der Waals surface area contributed by atoms with Gasteiger partial charge in [-0.15, -0.1) is 11.6 Å². The summed E-state index contributed by atoms with van der Waals surface area (Å²) in [4.78, 5) is 12.1. The molecule has 0 bridgehead atoms. The average molecular weight is 318 g/mol. The van der Waals surface area contributed by atoms with Gasteiger partial charge in [-0.05, 0) is 23.3 Å². The van der Waals surface area contributed by atoms with Crippen LogP contribution < -0.4 is 14.8 Å². The van der Waals surface area contributed by atoms with Gasteiger partial charge in [0.05, 0.1) is 0 Å². The standard InChI is InChI=1S/C17H16ClNO3/c18-16(13-4-2-1-3-5-13)17(20)19-11-12-6-7-14-15(10-12)22-9-8-21-14/h1-7,10,16H,8-9,11H2,(H,19,20). The fourth-order valence-electron chi connectivity index (χ4n) is 2.25. The normalized spacial score (nSPS) is 14.2. The molecule has 1 N–H and O–H groups in total. The Hall–Kier alpha value is -2.20. The maximum Gasteiger partial charge on any atom is 0.242 e. The lowest BCUT2D eigenvalue weighted by molar-refractivity contribution is -0.121. The molecular formula is C17H16ClNO3. The second kappa shape index (κ2) is 6.71. The van der Waals surface area contributed by atoms with Crippen LogP contribution in [0.3, 0.4) is 0 Å². The molecule has 0 aromatic heterocycles. The molecule has 1 heterocycles. The van der Waals surface area contributed by atoms with Crippen molar-refractivity contribution in [3.8, 4) is 11.5 Å². The Morgan fingerprint density at radius 2 is 1.82 bits per heavy atom. The molecule has 0 saturated carbocycles. The van der Waals surface area contributed by atoms with Crippen molar-refractivity contribution in [1.29, 1.82) is 0 Å². The fraction of sp³-hybridized carbons (Fsp3) is 0.235. The monoisotopic (exact) mass is 317 g/mol. The molecule has 0 aliphatic carbocycles. The first-order chi connectivity index (χ1) is 10.7. The van der Waals surface area contributed by atoms with Crippen LogP contribution in [-0.4, -0.2) is 19.1 Å². The zero-order valence-electron chi connectivity index (χ0n) is 11.9. The van der Waals surface area contributed by atoms with E-state index in [1.807, 2.05) is 48.5 Å². The molecule has 4 nitrogen and oxygen atoms in total. The van der Waals surface area contributed by atoms with E-state index in [4.69, 9.17) is 21.1 Å². The van der Waals surface area contributed by atoms with E-state index in [9.17, 15) is 4.79 Å². The minimum atomic E-state index is -0.696. The second-order valence-corrected chi connectivity index (χ2v) is 5.41. The summed E-state index contributed by atoms with van der Waals surface area (Å²) in [6, 6.07) is 14.9. The van der Waals surface area contributed by atoms with Gasteiger partial charge < -0.3 is 14.8 Å². The third-order valence-corrected chi connectivity index (χ3v) is 3.85. The molecule has 1 amide bonds. The van der Waals surface area contributed by atoms with Crippen LogP contribution in [0.1, 0.15) is 16.5 Å². The SMILES string of the molecule is O=C(NCc1ccc2c(c1)OCCO2)C(Cl)c1ccccc1. The first-order valence-corrected chi connectivity index (χ1v) is 7.53. The van der Waals surface area contributed by atoms with Gasteiger partial charge in [0.2, 0.25) is 5.91 Å². The van der Waals surface area contributed by atoms with Crippen molar-refractivity contribution in [3.05, 3.63) is 59.7 Å². The Morgan fingerprint density at radius 3 is 2.59 bits per heavy atom. The molecule has 1 aliphatic heterocycles. The van der Waals surface area contributed by atoms with Crippen molar-refractivity contribution in [3.63, 3.8) is 0 Å². The van der Waals surface area contributed by atoms with Crippen molar-refractivity contribution in [1.82, 2.24) is 5.32 Å². The Morgan fingerprint density at radius 1 is 1.09 bits per heavy atom. The van der Waals surface area contributed by atoms with Crippen LogP contribution in [0.15, 0.2) is 48.5 Å². The average Bonchev–Trinajstić information content (AvgIpc) is 2.59. The zero-order chi connectivity index (χ0) is 15.4. The van der Waals surface area contributed by atoms with E-state index in [0.717, 1.165) is 16.9 Å². The number of rotatable bonds is 4. The van der Waals surface area contributed by atoms with Crippen molar-refractivity contribution >= 4 is 17.5 Å². The number of carbonyl (C=O) groups is 1. The van der Waals surface area contributed by atoms with E-state index >= 15 is 0 Å². The number of benzene rings is 2. The molecule has 0 radical (unpaired) electrons. The summed E-state index contributed by atoms with van der Waals surface area (Å²) in [6.45, 7) is 1.50. The van der Waals surface area contributed by atoms with Gasteiger partial charge in [0, 0.05) is 6.54 Å². The van der Waals surface area contributed by atoms with E-state index in [1.54, 1.807) is 0 Å². The molecule has 2 aromatic carbocycles. The predicted octanol–water partition coefficient (Wildman–Crippen LogP) is 3.05. The molecule has 0 saturated heterocycles. The van der Waals surface area contributed by atoms with Gasteiger partial charge in [-0.25, -0.2) is 0 Å². The fourth-order valence-corrected chi connectivity index (χ4v) is 2.47. The number of ether oxygens (including phenoxy) is 2. The number of carbonyl (C=O) groups excluding carboxylic acids is 1. The van der Waals surface area contributed by atoms with E-state index in [0.29, 0.717) is 25.5 Å². The van der Waals surface area contributed by atoms with Gasteiger partial charge in [-0.3, -0.25) is 4.79 Å². The van der Waals surface area contributed by atoms with Gasteiger partial charge >= 0.3 is 0 Å². The minimum absolute atomic E-state index is 0.220. The number of nitrogens with one attached hydrogen (secondary N) is 1. The first kappa shape index (κ1) is 14.7. The van der Waals surface area contributed by atoms with Crippen LogP contribution in [0.25, 0.3) is 0 Å². The highest BCUT2D eigenvalue weighted by molar-refractivity contribution is 6.30. The van der Waals surface area contributed by atoms with Gasteiger partial charge in [0.1, 0.15) is 18.6 Å². The van der Waals surface area contributed by atoms with Gasteiger partial charge in [0.15, 0.2) is 11.5 Å². The van der Waals surface area contributed by atoms with Crippen LogP contribution in [-0.2, 0) is 11.3 Å². The van der Waals surface area contributed by atoms with E-state index < -0.39 is 5.38 Å². The topological polar surface area (TPSA) is 47.6 Å². The number of amides is 1. The summed E-state index contributed by atoms with van der Waals surface area (Å²) in [6.07, 6.45) is 0. The lowest BCUT2D eigenvalue weighted by Gasteiger charge is -2.19. The van der Waals surface area contributed by atoms with Crippen LogP contribution in [0, 0.1) is 0 Å². The molecule has 3 rings (SSSR count). The maximum atomic E-state index is 12.1. The van der Waals surface area contributed by atoms with Crippen molar-refractivity contribution in [2.45, 2.75) is 11.9 Å². The van der Waals surface area contributed by atoms with Crippen molar-refractivity contribution in [2.75, 3.05) is 13.2 Å². The number of halogens is 1. The first-order valence-electron chi connectivity index (χ1n) is 7.09. The lowest BCUT2D eigenvalue weighted by atomic mass is 10.1. The molecule has 5 heteroatoms. The molecule has 2 aromatic rings. The number of fused-ring (bicyclic) bond motifs is 1. The molecule has 0 fully saturated rings. The van der Waals surface area contributed by atoms with Gasteiger partial charge in [-0.2, -0.15) is 0 Å². The molecule has 0 spiro atoms. The van der Waals surface area contributed by atoms with Crippen LogP contribution in [0.2, 0.25) is 0 Å². The summed E-state index contributed by atoms with van der Waals surface area (Å²) in [5, 5.41) is 2.14. The highest BCUT2D eigenvalue weighted by Gasteiger charge is 2.17. The Balaban J connectivity index is 1.61. The maximum absolute atomic E-state index is 12.1. The van der Waals surface area contributed by atoms with Crippen molar-refractivity contribution < 1.29 is 14.3 Å². The minimum Gasteiger partial charge on any atom is -0.486 e. The Labute approximate surface area is 134 Å². The highest BCUT2D eigenvalue weighted by Crippen LogP contribution is 2.30.